The van der Waals surface area contributed by atoms with E-state index in [0.29, 0.717) is 11.1 Å². The van der Waals surface area contributed by atoms with Gasteiger partial charge in [0.15, 0.2) is 0 Å². The van der Waals surface area contributed by atoms with Gasteiger partial charge in [-0.15, -0.1) is 0 Å². The summed E-state index contributed by atoms with van der Waals surface area (Å²) in [5.74, 6) is 0. The lowest BCUT2D eigenvalue weighted by molar-refractivity contribution is -0.384. The van der Waals surface area contributed by atoms with Crippen LogP contribution in [-0.4, -0.2) is 19.0 Å². The summed E-state index contributed by atoms with van der Waals surface area (Å²) in [6.45, 7) is 0. The maximum Gasteiger partial charge on any atom is 0.316 e. The van der Waals surface area contributed by atoms with Crippen LogP contribution in [0.3, 0.4) is 0 Å². The minimum Gasteiger partial charge on any atom is -0.317 e. The molecule has 1 aliphatic carbocycles. The van der Waals surface area contributed by atoms with E-state index in [1.54, 1.807) is 18.3 Å². The fourth-order valence-corrected chi connectivity index (χ4v) is 3.93. The quantitative estimate of drug-likeness (QED) is 0.425. The van der Waals surface area contributed by atoms with E-state index in [0.717, 1.165) is 32.1 Å². The number of rotatable bonds is 3. The summed E-state index contributed by atoms with van der Waals surface area (Å²) in [6, 6.07) is 6.25. The van der Waals surface area contributed by atoms with Crippen LogP contribution in [0.5, 0.6) is 0 Å². The van der Waals surface area contributed by atoms with Crippen molar-refractivity contribution in [2.75, 3.05) is 0 Å². The van der Waals surface area contributed by atoms with Crippen molar-refractivity contribution in [3.05, 3.63) is 67.0 Å². The highest BCUT2D eigenvalue weighted by Gasteiger charge is 2.24. The summed E-state index contributed by atoms with van der Waals surface area (Å²) in [6.07, 6.45) is 7.64. The highest BCUT2D eigenvalue weighted by atomic mass is 16.6. The van der Waals surface area contributed by atoms with Gasteiger partial charge in [0.25, 0.3) is 5.69 Å². The van der Waals surface area contributed by atoms with Crippen LogP contribution < -0.4 is 11.1 Å². The number of nitro groups is 1. The van der Waals surface area contributed by atoms with Crippen molar-refractivity contribution in [1.29, 1.82) is 5.26 Å². The second kappa shape index (κ2) is 6.81. The van der Waals surface area contributed by atoms with Crippen molar-refractivity contribution in [3.8, 4) is 11.8 Å². The van der Waals surface area contributed by atoms with Crippen LogP contribution in [0, 0.1) is 21.4 Å². The molecule has 2 heterocycles. The van der Waals surface area contributed by atoms with Gasteiger partial charge in [-0.05, 0) is 25.0 Å². The molecule has 2 aromatic heterocycles. The van der Waals surface area contributed by atoms with E-state index in [1.807, 2.05) is 6.07 Å². The normalized spacial score (nSPS) is 14.8. The molecule has 9 heteroatoms. The van der Waals surface area contributed by atoms with Gasteiger partial charge in [-0.2, -0.15) is 5.26 Å². The summed E-state index contributed by atoms with van der Waals surface area (Å²) < 4.78 is 2.96. The van der Waals surface area contributed by atoms with Gasteiger partial charge in [-0.1, -0.05) is 19.3 Å². The minimum absolute atomic E-state index is 0.111. The monoisotopic (exact) mass is 379 g/mol. The third kappa shape index (κ3) is 2.89. The Kier molecular flexibility index (Phi) is 4.31. The number of fused-ring (bicyclic) bond motifs is 1. The second-order valence-corrected chi connectivity index (χ2v) is 6.96. The Balaban J connectivity index is 2.04. The maximum absolute atomic E-state index is 12.6. The molecule has 0 atom stereocenters. The van der Waals surface area contributed by atoms with Gasteiger partial charge in [0.1, 0.15) is 11.8 Å². The lowest BCUT2D eigenvalue weighted by Gasteiger charge is -2.25. The Morgan fingerprint density at radius 2 is 1.96 bits per heavy atom. The third-order valence-electron chi connectivity index (χ3n) is 5.25. The summed E-state index contributed by atoms with van der Waals surface area (Å²) in [7, 11) is 0. The van der Waals surface area contributed by atoms with Crippen LogP contribution >= 0.6 is 0 Å². The topological polar surface area (TPSA) is 127 Å². The summed E-state index contributed by atoms with van der Waals surface area (Å²) >= 11 is 0. The number of benzene rings is 1. The Hall–Kier alpha value is -3.67. The fraction of sp³-hybridized carbons (Fsp3) is 0.316. The molecule has 0 bridgehead atoms. The molecule has 1 saturated carbocycles. The van der Waals surface area contributed by atoms with Crippen molar-refractivity contribution >= 4 is 16.7 Å². The van der Waals surface area contributed by atoms with E-state index in [4.69, 9.17) is 5.26 Å². The molecule has 0 radical (unpaired) electrons. The summed E-state index contributed by atoms with van der Waals surface area (Å²) in [5, 5.41) is 20.7. The molecule has 0 saturated heterocycles. The Morgan fingerprint density at radius 1 is 1.21 bits per heavy atom. The van der Waals surface area contributed by atoms with Crippen molar-refractivity contribution in [3.63, 3.8) is 0 Å². The number of nitro benzene ring substituents is 1. The van der Waals surface area contributed by atoms with Crippen molar-refractivity contribution in [2.24, 2.45) is 0 Å². The Bertz CT molecular complexity index is 1240. The van der Waals surface area contributed by atoms with Gasteiger partial charge in [-0.3, -0.25) is 24.3 Å². The first-order valence-corrected chi connectivity index (χ1v) is 9.05. The van der Waals surface area contributed by atoms with Crippen molar-refractivity contribution < 1.29 is 4.92 Å². The molecule has 0 unspecified atom stereocenters. The smallest absolute Gasteiger partial charge is 0.316 e. The van der Waals surface area contributed by atoms with Crippen LogP contribution in [0.2, 0.25) is 0 Å². The van der Waals surface area contributed by atoms with Gasteiger partial charge < -0.3 is 9.55 Å². The molecule has 1 N–H and O–H groups in total. The largest absolute Gasteiger partial charge is 0.317 e. The summed E-state index contributed by atoms with van der Waals surface area (Å²) in [4.78, 5) is 38.4. The van der Waals surface area contributed by atoms with Gasteiger partial charge in [-0.25, -0.2) is 0 Å². The number of nitriles is 1. The van der Waals surface area contributed by atoms with Gasteiger partial charge in [0.05, 0.1) is 21.5 Å². The first-order valence-electron chi connectivity index (χ1n) is 9.05. The predicted octanol–water partition coefficient (Wildman–Crippen LogP) is 2.77. The lowest BCUT2D eigenvalue weighted by atomic mass is 9.95. The highest BCUT2D eigenvalue weighted by molar-refractivity contribution is 5.82. The van der Waals surface area contributed by atoms with Crippen molar-refractivity contribution in [1.82, 2.24) is 14.1 Å². The maximum atomic E-state index is 12.6. The zero-order valence-electron chi connectivity index (χ0n) is 14.9. The lowest BCUT2D eigenvalue weighted by Crippen LogP contribution is -2.39. The van der Waals surface area contributed by atoms with Crippen LogP contribution in [-0.2, 0) is 0 Å². The van der Waals surface area contributed by atoms with E-state index in [1.165, 1.54) is 21.4 Å². The van der Waals surface area contributed by atoms with Gasteiger partial charge in [0, 0.05) is 24.5 Å². The molecular weight excluding hydrogens is 362 g/mol. The molecule has 28 heavy (non-hydrogen) atoms. The number of H-pyrrole nitrogens is 1. The Morgan fingerprint density at radius 3 is 2.61 bits per heavy atom. The summed E-state index contributed by atoms with van der Waals surface area (Å²) in [5.41, 5.74) is -0.368. The van der Waals surface area contributed by atoms with Gasteiger partial charge in [0.2, 0.25) is 0 Å². The molecule has 3 aromatic rings. The predicted molar refractivity (Wildman–Crippen MR) is 102 cm³/mol. The molecule has 1 fully saturated rings. The van der Waals surface area contributed by atoms with E-state index < -0.39 is 16.0 Å². The van der Waals surface area contributed by atoms with Crippen LogP contribution in [0.25, 0.3) is 16.7 Å². The SMILES string of the molecule is N#Cc1ccn(-c2cc3c(cc2[N+](=O)[O-])[nH]c(=O)c(=O)n3C2CCCCC2)c1. The van der Waals surface area contributed by atoms with E-state index in [2.05, 4.69) is 4.98 Å². The molecule has 0 amide bonds. The molecule has 142 valence electrons. The molecule has 9 nitrogen and oxygen atoms in total. The van der Waals surface area contributed by atoms with Gasteiger partial charge >= 0.3 is 11.1 Å². The second-order valence-electron chi connectivity index (χ2n) is 6.96. The average molecular weight is 379 g/mol. The molecule has 4 rings (SSSR count). The van der Waals surface area contributed by atoms with E-state index in [-0.39, 0.29) is 22.9 Å². The van der Waals surface area contributed by atoms with E-state index in [9.17, 15) is 19.7 Å². The first kappa shape index (κ1) is 17.7. The average Bonchev–Trinajstić information content (AvgIpc) is 3.18. The van der Waals surface area contributed by atoms with Crippen LogP contribution in [0.15, 0.2) is 40.2 Å². The Labute approximate surface area is 158 Å². The van der Waals surface area contributed by atoms with E-state index >= 15 is 0 Å². The minimum atomic E-state index is -0.784. The standard InChI is InChI=1S/C19H17N5O4/c20-10-12-6-7-22(11-12)16-9-15-14(8-17(16)24(27)28)21-18(25)19(26)23(15)13-4-2-1-3-5-13/h6-9,11,13H,1-5H2,(H,21,25). The van der Waals surface area contributed by atoms with Crippen LogP contribution in [0.4, 0.5) is 5.69 Å². The molecule has 0 spiro atoms. The van der Waals surface area contributed by atoms with Crippen LogP contribution in [0.1, 0.15) is 43.7 Å². The zero-order chi connectivity index (χ0) is 19.8. The fourth-order valence-electron chi connectivity index (χ4n) is 3.93. The zero-order valence-corrected chi connectivity index (χ0v) is 14.9. The number of hydrogen-bond acceptors (Lipinski definition) is 5. The number of nitrogens with one attached hydrogen (secondary N) is 1. The molecule has 0 aliphatic heterocycles. The first-order chi connectivity index (χ1) is 13.5. The number of aromatic nitrogens is 3. The number of nitrogens with zero attached hydrogens (tertiary/aromatic N) is 4. The number of hydrogen-bond donors (Lipinski definition) is 1. The highest BCUT2D eigenvalue weighted by Crippen LogP contribution is 2.32. The third-order valence-corrected chi connectivity index (χ3v) is 5.25. The molecule has 1 aromatic carbocycles. The molecule has 1 aliphatic rings. The number of aromatic amines is 1. The van der Waals surface area contributed by atoms with Crippen molar-refractivity contribution in [2.45, 2.75) is 38.1 Å². The molecular formula is C19H17N5O4.